The minimum atomic E-state index is -0.817. The molecule has 1 aliphatic rings. The van der Waals surface area contributed by atoms with E-state index in [9.17, 15) is 0 Å². The van der Waals surface area contributed by atoms with Gasteiger partial charge < -0.3 is 9.80 Å². The van der Waals surface area contributed by atoms with Crippen LogP contribution < -0.4 is 15.1 Å². The Morgan fingerprint density at radius 2 is 1.29 bits per heavy atom. The third kappa shape index (κ3) is 7.25. The number of benzene rings is 3. The monoisotopic (exact) mass is 706 g/mol. The molecule has 0 radical (unpaired) electrons. The van der Waals surface area contributed by atoms with Crippen molar-refractivity contribution in [2.45, 2.75) is 62.3 Å². The summed E-state index contributed by atoms with van der Waals surface area (Å²) < 4.78 is 0. The smallest absolute Gasteiger partial charge is 0.325 e. The molecule has 1 saturated heterocycles. The molecule has 222 valence electrons. The molecule has 2 nitrogen and oxygen atoms in total. The van der Waals surface area contributed by atoms with Crippen molar-refractivity contribution in [2.24, 2.45) is 0 Å². The van der Waals surface area contributed by atoms with Gasteiger partial charge >= 0.3 is 19.5 Å². The number of allylic oxidation sites excluding steroid dienone is 5. The second-order valence-electron chi connectivity index (χ2n) is 11.4. The van der Waals surface area contributed by atoms with Crippen molar-refractivity contribution in [3.05, 3.63) is 121 Å². The first-order valence-electron chi connectivity index (χ1n) is 14.4. The molecule has 0 aliphatic carbocycles. The summed E-state index contributed by atoms with van der Waals surface area (Å²) in [6, 6.07) is 15.3. The fourth-order valence-electron chi connectivity index (χ4n) is 6.25. The van der Waals surface area contributed by atoms with Crippen LogP contribution in [0.1, 0.15) is 54.2 Å². The molecular formula is C36H43Cl2N2PRu+2. The van der Waals surface area contributed by atoms with Crippen LogP contribution >= 0.6 is 31.1 Å². The minimum absolute atomic E-state index is 0. The van der Waals surface area contributed by atoms with Crippen LogP contribution in [0.5, 0.6) is 0 Å². The Hall–Kier alpha value is -1.89. The van der Waals surface area contributed by atoms with Crippen molar-refractivity contribution in [1.29, 1.82) is 0 Å². The SMILES string of the molecule is CCP(C(C=CC=C(C)C)=C1N(c2c(C)cc(C)cc2C)CCN1c1c(C)cc(C)cc1C)c1cccc(Cl)c1Cl.[Ru+2]. The van der Waals surface area contributed by atoms with E-state index in [0.717, 1.165) is 24.6 Å². The molecule has 1 aliphatic heterocycles. The van der Waals surface area contributed by atoms with E-state index in [2.05, 4.69) is 121 Å². The third-order valence-corrected chi connectivity index (χ3v) is 11.1. The van der Waals surface area contributed by atoms with Crippen molar-refractivity contribution in [1.82, 2.24) is 0 Å². The van der Waals surface area contributed by atoms with E-state index in [0.29, 0.717) is 10.0 Å². The van der Waals surface area contributed by atoms with Gasteiger partial charge in [-0.05, 0) is 97.8 Å². The molecule has 0 amide bonds. The van der Waals surface area contributed by atoms with Crippen LogP contribution in [0.25, 0.3) is 0 Å². The number of anilines is 2. The zero-order valence-electron chi connectivity index (χ0n) is 26.3. The summed E-state index contributed by atoms with van der Waals surface area (Å²) in [7, 11) is -0.817. The van der Waals surface area contributed by atoms with Gasteiger partial charge in [0.2, 0.25) is 0 Å². The second-order valence-corrected chi connectivity index (χ2v) is 14.7. The summed E-state index contributed by atoms with van der Waals surface area (Å²) in [5.74, 6) is 1.25. The number of nitrogens with zero attached hydrogens (tertiary/aromatic N) is 2. The van der Waals surface area contributed by atoms with Crippen LogP contribution in [0.15, 0.2) is 77.4 Å². The van der Waals surface area contributed by atoms with Gasteiger partial charge in [0.25, 0.3) is 0 Å². The average molecular weight is 707 g/mol. The molecule has 0 aromatic heterocycles. The first-order valence-corrected chi connectivity index (χ1v) is 16.7. The molecule has 1 atom stereocenters. The third-order valence-electron chi connectivity index (χ3n) is 7.61. The quantitative estimate of drug-likeness (QED) is 0.137. The number of hydrogen-bond donors (Lipinski definition) is 0. The summed E-state index contributed by atoms with van der Waals surface area (Å²) >= 11 is 13.5. The van der Waals surface area contributed by atoms with Crippen LogP contribution in [0.4, 0.5) is 11.4 Å². The van der Waals surface area contributed by atoms with Crippen LogP contribution in [0.3, 0.4) is 0 Å². The molecule has 3 aromatic carbocycles. The van der Waals surface area contributed by atoms with Crippen molar-refractivity contribution in [2.75, 3.05) is 29.1 Å². The molecule has 42 heavy (non-hydrogen) atoms. The van der Waals surface area contributed by atoms with Gasteiger partial charge in [-0.15, -0.1) is 0 Å². The Bertz CT molecular complexity index is 1440. The zero-order valence-corrected chi connectivity index (χ0v) is 30.5. The Morgan fingerprint density at radius 1 is 0.810 bits per heavy atom. The van der Waals surface area contributed by atoms with Crippen LogP contribution in [-0.4, -0.2) is 19.3 Å². The predicted molar refractivity (Wildman–Crippen MR) is 185 cm³/mol. The first kappa shape index (κ1) is 34.6. The molecule has 0 spiro atoms. The number of halogens is 2. The Labute approximate surface area is 278 Å². The van der Waals surface area contributed by atoms with E-state index in [4.69, 9.17) is 23.2 Å². The van der Waals surface area contributed by atoms with Gasteiger partial charge in [0.1, 0.15) is 5.82 Å². The van der Waals surface area contributed by atoms with Crippen molar-refractivity contribution in [3.63, 3.8) is 0 Å². The van der Waals surface area contributed by atoms with E-state index < -0.39 is 7.92 Å². The Kier molecular flexibility index (Phi) is 12.1. The molecule has 1 fully saturated rings. The van der Waals surface area contributed by atoms with E-state index in [-0.39, 0.29) is 19.5 Å². The van der Waals surface area contributed by atoms with E-state index in [1.54, 1.807) is 0 Å². The van der Waals surface area contributed by atoms with Crippen molar-refractivity contribution in [3.8, 4) is 0 Å². The zero-order chi connectivity index (χ0) is 30.0. The number of aryl methyl sites for hydroxylation is 6. The second kappa shape index (κ2) is 14.7. The maximum atomic E-state index is 6.94. The Morgan fingerprint density at radius 3 is 1.71 bits per heavy atom. The van der Waals surface area contributed by atoms with Crippen LogP contribution in [-0.2, 0) is 19.5 Å². The van der Waals surface area contributed by atoms with Gasteiger partial charge in [0, 0.05) is 35.1 Å². The van der Waals surface area contributed by atoms with Crippen molar-refractivity contribution < 1.29 is 19.5 Å². The summed E-state index contributed by atoms with van der Waals surface area (Å²) in [5, 5.41) is 3.71. The molecule has 3 aromatic rings. The molecule has 1 unspecified atom stereocenters. The molecule has 1 heterocycles. The van der Waals surface area contributed by atoms with Crippen LogP contribution in [0.2, 0.25) is 10.0 Å². The summed E-state index contributed by atoms with van der Waals surface area (Å²) in [5.41, 5.74) is 11.6. The van der Waals surface area contributed by atoms with Gasteiger partial charge in [-0.25, -0.2) is 0 Å². The normalized spacial score (nSPS) is 13.9. The molecule has 0 saturated carbocycles. The van der Waals surface area contributed by atoms with Crippen LogP contribution in [0, 0.1) is 41.5 Å². The standard InChI is InChI=1S/C36H43Cl2N2P.Ru/c1-10-41(31-15-12-14-30(37)33(31)38)32(16-11-13-23(2)3)36-39(34-26(6)19-24(4)20-27(34)7)17-18-40(36)35-28(8)21-25(5)22-29(35)9;/h11-16,19-22H,10,17-18H2,1-9H3;/q;+2. The summed E-state index contributed by atoms with van der Waals surface area (Å²) in [4.78, 5) is 5.13. The largest absolute Gasteiger partial charge is 2.00 e. The molecule has 4 rings (SSSR count). The topological polar surface area (TPSA) is 6.48 Å². The fraction of sp³-hybridized carbons (Fsp3) is 0.333. The maximum absolute atomic E-state index is 6.94. The number of rotatable bonds is 7. The van der Waals surface area contributed by atoms with Gasteiger partial charge in [0.05, 0.1) is 10.0 Å². The summed E-state index contributed by atoms with van der Waals surface area (Å²) in [6.45, 7) is 21.7. The van der Waals surface area contributed by atoms with Crippen molar-refractivity contribution >= 4 is 47.8 Å². The summed E-state index contributed by atoms with van der Waals surface area (Å²) in [6.07, 6.45) is 7.68. The minimum Gasteiger partial charge on any atom is -0.325 e. The molecule has 6 heteroatoms. The number of hydrogen-bond acceptors (Lipinski definition) is 2. The fourth-order valence-corrected chi connectivity index (χ4v) is 9.24. The van der Waals surface area contributed by atoms with E-state index in [1.807, 2.05) is 12.1 Å². The van der Waals surface area contributed by atoms with Gasteiger partial charge in [-0.3, -0.25) is 0 Å². The molecular weight excluding hydrogens is 663 g/mol. The first-order chi connectivity index (χ1) is 19.4. The predicted octanol–water partition coefficient (Wildman–Crippen LogP) is 10.7. The van der Waals surface area contributed by atoms with Gasteiger partial charge in [0.15, 0.2) is 0 Å². The molecule has 0 bridgehead atoms. The molecule has 0 N–H and O–H groups in total. The van der Waals surface area contributed by atoms with Gasteiger partial charge in [-0.1, -0.05) is 101 Å². The van der Waals surface area contributed by atoms with E-state index >= 15 is 0 Å². The van der Waals surface area contributed by atoms with E-state index in [1.165, 1.54) is 61.5 Å². The van der Waals surface area contributed by atoms with Gasteiger partial charge in [-0.2, -0.15) is 0 Å². The average Bonchev–Trinajstić information content (AvgIpc) is 3.28. The maximum Gasteiger partial charge on any atom is 2.00 e. The Balaban J connectivity index is 0.00000484.